The van der Waals surface area contributed by atoms with Crippen molar-refractivity contribution in [2.45, 2.75) is 39.7 Å². The van der Waals surface area contributed by atoms with Crippen LogP contribution in [0.4, 0.5) is 5.69 Å². The van der Waals surface area contributed by atoms with Crippen LogP contribution in [0.15, 0.2) is 18.2 Å². The zero-order valence-corrected chi connectivity index (χ0v) is 11.0. The Bertz CT molecular complexity index is 450. The van der Waals surface area contributed by atoms with Gasteiger partial charge in [0, 0.05) is 6.07 Å². The minimum absolute atomic E-state index is 0.00937. The average Bonchev–Trinajstić information content (AvgIpc) is 2.25. The molecule has 92 valence electrons. The maximum atomic E-state index is 5.56. The molecule has 0 unspecified atom stereocenters. The Kier molecular flexibility index (Phi) is 3.09. The standard InChI is InChI=1S/C14H20N2O/c1-5-8-17-12-7-6-11-13(15-12)10(2)9-14(3,4)16-11/h6-7,9,16H,5,8H2,1-4H3. The summed E-state index contributed by atoms with van der Waals surface area (Å²) in [6.07, 6.45) is 3.20. The van der Waals surface area contributed by atoms with Crippen LogP contribution in [0.2, 0.25) is 0 Å². The first-order valence-corrected chi connectivity index (χ1v) is 6.14. The number of hydrogen-bond acceptors (Lipinski definition) is 3. The van der Waals surface area contributed by atoms with Gasteiger partial charge in [-0.05, 0) is 38.8 Å². The first kappa shape index (κ1) is 12.0. The van der Waals surface area contributed by atoms with Crippen LogP contribution in [0.25, 0.3) is 5.57 Å². The van der Waals surface area contributed by atoms with Crippen LogP contribution in [0, 0.1) is 0 Å². The molecule has 0 saturated carbocycles. The molecule has 0 fully saturated rings. The summed E-state index contributed by atoms with van der Waals surface area (Å²) in [4.78, 5) is 4.54. The van der Waals surface area contributed by atoms with E-state index in [1.807, 2.05) is 12.1 Å². The minimum Gasteiger partial charge on any atom is -0.478 e. The molecular formula is C14H20N2O. The Balaban J connectivity index is 2.31. The Morgan fingerprint density at radius 3 is 2.82 bits per heavy atom. The number of ether oxygens (including phenoxy) is 1. The number of aromatic nitrogens is 1. The van der Waals surface area contributed by atoms with Crippen LogP contribution in [0.3, 0.4) is 0 Å². The topological polar surface area (TPSA) is 34.1 Å². The summed E-state index contributed by atoms with van der Waals surface area (Å²) in [7, 11) is 0. The van der Waals surface area contributed by atoms with Crippen LogP contribution in [0.1, 0.15) is 39.8 Å². The Labute approximate surface area is 103 Å². The van der Waals surface area contributed by atoms with Gasteiger partial charge in [0.15, 0.2) is 0 Å². The lowest BCUT2D eigenvalue weighted by atomic mass is 9.94. The van der Waals surface area contributed by atoms with E-state index in [4.69, 9.17) is 4.74 Å². The van der Waals surface area contributed by atoms with E-state index >= 15 is 0 Å². The number of pyridine rings is 1. The lowest BCUT2D eigenvalue weighted by Gasteiger charge is -2.30. The summed E-state index contributed by atoms with van der Waals surface area (Å²) in [5.41, 5.74) is 3.27. The van der Waals surface area contributed by atoms with Crippen molar-refractivity contribution < 1.29 is 4.74 Å². The van der Waals surface area contributed by atoms with Crippen LogP contribution in [-0.4, -0.2) is 17.1 Å². The van der Waals surface area contributed by atoms with Crippen LogP contribution in [-0.2, 0) is 0 Å². The molecule has 2 heterocycles. The summed E-state index contributed by atoms with van der Waals surface area (Å²) < 4.78 is 5.56. The Hall–Kier alpha value is -1.51. The number of nitrogens with one attached hydrogen (secondary N) is 1. The predicted octanol–water partition coefficient (Wildman–Crippen LogP) is 3.48. The highest BCUT2D eigenvalue weighted by Crippen LogP contribution is 2.33. The number of fused-ring (bicyclic) bond motifs is 1. The lowest BCUT2D eigenvalue weighted by molar-refractivity contribution is 0.305. The summed E-state index contributed by atoms with van der Waals surface area (Å²) in [6.45, 7) is 9.21. The molecule has 0 atom stereocenters. The maximum absolute atomic E-state index is 5.56. The zero-order valence-electron chi connectivity index (χ0n) is 11.0. The third kappa shape index (κ3) is 2.60. The highest BCUT2D eigenvalue weighted by Gasteiger charge is 2.23. The molecule has 2 rings (SSSR count). The molecular weight excluding hydrogens is 212 g/mol. The second-order valence-electron chi connectivity index (χ2n) is 5.07. The average molecular weight is 232 g/mol. The summed E-state index contributed by atoms with van der Waals surface area (Å²) in [5, 5.41) is 3.46. The van der Waals surface area contributed by atoms with Crippen molar-refractivity contribution in [1.82, 2.24) is 4.98 Å². The van der Waals surface area contributed by atoms with Gasteiger partial charge in [-0.1, -0.05) is 13.0 Å². The van der Waals surface area contributed by atoms with E-state index < -0.39 is 0 Å². The molecule has 1 aromatic heterocycles. The van der Waals surface area contributed by atoms with Crippen molar-refractivity contribution in [3.05, 3.63) is 23.9 Å². The van der Waals surface area contributed by atoms with E-state index in [2.05, 4.69) is 44.1 Å². The first-order valence-electron chi connectivity index (χ1n) is 6.14. The molecule has 17 heavy (non-hydrogen) atoms. The van der Waals surface area contributed by atoms with E-state index in [-0.39, 0.29) is 5.54 Å². The molecule has 0 amide bonds. The van der Waals surface area contributed by atoms with Gasteiger partial charge in [-0.2, -0.15) is 0 Å². The fraction of sp³-hybridized carbons (Fsp3) is 0.500. The highest BCUT2D eigenvalue weighted by molar-refractivity contribution is 5.77. The summed E-state index contributed by atoms with van der Waals surface area (Å²) in [5.74, 6) is 0.708. The van der Waals surface area contributed by atoms with Gasteiger partial charge in [0.1, 0.15) is 0 Å². The Morgan fingerprint density at radius 2 is 2.12 bits per heavy atom. The van der Waals surface area contributed by atoms with Crippen molar-refractivity contribution in [2.24, 2.45) is 0 Å². The van der Waals surface area contributed by atoms with Gasteiger partial charge in [0.25, 0.3) is 0 Å². The zero-order chi connectivity index (χ0) is 12.5. The summed E-state index contributed by atoms with van der Waals surface area (Å²) in [6, 6.07) is 3.97. The molecule has 3 heteroatoms. The van der Waals surface area contributed by atoms with Crippen molar-refractivity contribution in [3.63, 3.8) is 0 Å². The van der Waals surface area contributed by atoms with Crippen molar-refractivity contribution in [3.8, 4) is 5.88 Å². The van der Waals surface area contributed by atoms with Gasteiger partial charge in [0.2, 0.25) is 5.88 Å². The molecule has 0 aliphatic carbocycles. The molecule has 3 nitrogen and oxygen atoms in total. The van der Waals surface area contributed by atoms with Crippen LogP contribution >= 0.6 is 0 Å². The van der Waals surface area contributed by atoms with Crippen molar-refractivity contribution >= 4 is 11.3 Å². The molecule has 0 aromatic carbocycles. The second-order valence-corrected chi connectivity index (χ2v) is 5.07. The lowest BCUT2D eigenvalue weighted by Crippen LogP contribution is -2.31. The molecule has 0 bridgehead atoms. The fourth-order valence-electron chi connectivity index (χ4n) is 2.12. The number of allylic oxidation sites excluding steroid dienone is 1. The molecule has 1 aromatic rings. The molecule has 0 radical (unpaired) electrons. The van der Waals surface area contributed by atoms with Gasteiger partial charge in [0.05, 0.1) is 23.5 Å². The SMILES string of the molecule is CCCOc1ccc2c(n1)C(C)=CC(C)(C)N2. The summed E-state index contributed by atoms with van der Waals surface area (Å²) >= 11 is 0. The van der Waals surface area contributed by atoms with Crippen LogP contribution in [0.5, 0.6) is 5.88 Å². The van der Waals surface area contributed by atoms with E-state index in [1.54, 1.807) is 0 Å². The van der Waals surface area contributed by atoms with E-state index in [0.29, 0.717) is 12.5 Å². The third-order valence-corrected chi connectivity index (χ3v) is 2.73. The largest absolute Gasteiger partial charge is 0.478 e. The maximum Gasteiger partial charge on any atom is 0.213 e. The molecule has 1 aliphatic heterocycles. The monoisotopic (exact) mass is 232 g/mol. The second kappa shape index (κ2) is 4.40. The van der Waals surface area contributed by atoms with Gasteiger partial charge in [-0.3, -0.25) is 0 Å². The molecule has 0 saturated heterocycles. The fourth-order valence-corrected chi connectivity index (χ4v) is 2.12. The molecule has 1 aliphatic rings. The Morgan fingerprint density at radius 1 is 1.35 bits per heavy atom. The number of anilines is 1. The smallest absolute Gasteiger partial charge is 0.213 e. The minimum atomic E-state index is -0.00937. The third-order valence-electron chi connectivity index (χ3n) is 2.73. The number of hydrogen-bond donors (Lipinski definition) is 1. The van der Waals surface area contributed by atoms with Gasteiger partial charge in [-0.15, -0.1) is 0 Å². The van der Waals surface area contributed by atoms with Gasteiger partial charge in [-0.25, -0.2) is 4.98 Å². The molecule has 1 N–H and O–H groups in total. The van der Waals surface area contributed by atoms with Crippen molar-refractivity contribution in [1.29, 1.82) is 0 Å². The van der Waals surface area contributed by atoms with Crippen molar-refractivity contribution in [2.75, 3.05) is 11.9 Å². The highest BCUT2D eigenvalue weighted by atomic mass is 16.5. The number of rotatable bonds is 3. The molecule has 0 spiro atoms. The van der Waals surface area contributed by atoms with E-state index in [1.165, 1.54) is 5.57 Å². The van der Waals surface area contributed by atoms with Crippen LogP contribution < -0.4 is 10.1 Å². The van der Waals surface area contributed by atoms with Gasteiger partial charge >= 0.3 is 0 Å². The quantitative estimate of drug-likeness (QED) is 0.866. The predicted molar refractivity (Wildman–Crippen MR) is 71.4 cm³/mol. The first-order chi connectivity index (χ1) is 8.02. The van der Waals surface area contributed by atoms with Gasteiger partial charge < -0.3 is 10.1 Å². The number of nitrogens with zero attached hydrogens (tertiary/aromatic N) is 1. The van der Waals surface area contributed by atoms with E-state index in [9.17, 15) is 0 Å². The van der Waals surface area contributed by atoms with E-state index in [0.717, 1.165) is 17.8 Å². The normalized spacial score (nSPS) is 16.8.